The molecule has 0 atom stereocenters. The predicted molar refractivity (Wildman–Crippen MR) is 106 cm³/mol. The minimum absolute atomic E-state index is 0.0808. The predicted octanol–water partition coefficient (Wildman–Crippen LogP) is 3.41. The molecule has 0 radical (unpaired) electrons. The zero-order chi connectivity index (χ0) is 19.4. The quantitative estimate of drug-likeness (QED) is 0.856. The molecule has 144 valence electrons. The minimum atomic E-state index is -3.69. The largest absolute Gasteiger partial charge is 0.339 e. The Morgan fingerprint density at radius 3 is 2.33 bits per heavy atom. The van der Waals surface area contributed by atoms with Gasteiger partial charge in [0.1, 0.15) is 0 Å². The van der Waals surface area contributed by atoms with Crippen molar-refractivity contribution in [1.82, 2.24) is 9.62 Å². The van der Waals surface area contributed by atoms with E-state index >= 15 is 0 Å². The van der Waals surface area contributed by atoms with E-state index in [1.807, 2.05) is 43.0 Å². The Morgan fingerprint density at radius 2 is 1.67 bits per heavy atom. The number of rotatable bonds is 5. The number of amides is 1. The van der Waals surface area contributed by atoms with Crippen LogP contribution in [0.4, 0.5) is 0 Å². The molecule has 0 unspecified atom stereocenters. The van der Waals surface area contributed by atoms with E-state index < -0.39 is 10.0 Å². The van der Waals surface area contributed by atoms with Gasteiger partial charge in [0.25, 0.3) is 5.91 Å². The van der Waals surface area contributed by atoms with Crippen molar-refractivity contribution in [2.24, 2.45) is 0 Å². The average Bonchev–Trinajstić information content (AvgIpc) is 2.68. The number of carbonyl (C=O) groups is 1. The molecule has 1 aliphatic rings. The maximum absolute atomic E-state index is 12.8. The third-order valence-corrected chi connectivity index (χ3v) is 6.38. The summed E-state index contributed by atoms with van der Waals surface area (Å²) < 4.78 is 28.0. The summed E-state index contributed by atoms with van der Waals surface area (Å²) in [5.41, 5.74) is 3.28. The van der Waals surface area contributed by atoms with E-state index in [1.165, 1.54) is 6.07 Å². The molecule has 1 saturated heterocycles. The van der Waals surface area contributed by atoms with E-state index in [0.717, 1.165) is 49.0 Å². The van der Waals surface area contributed by atoms with E-state index in [1.54, 1.807) is 12.1 Å². The highest BCUT2D eigenvalue weighted by Crippen LogP contribution is 2.20. The minimum Gasteiger partial charge on any atom is -0.339 e. The summed E-state index contributed by atoms with van der Waals surface area (Å²) in [6, 6.07) is 12.5. The lowest BCUT2D eigenvalue weighted by molar-refractivity contribution is 0.0723. The Hall–Kier alpha value is -2.18. The van der Waals surface area contributed by atoms with Crippen molar-refractivity contribution in [2.45, 2.75) is 44.6 Å². The Kier molecular flexibility index (Phi) is 5.97. The number of hydrogen-bond acceptors (Lipinski definition) is 3. The van der Waals surface area contributed by atoms with Crippen molar-refractivity contribution >= 4 is 15.9 Å². The van der Waals surface area contributed by atoms with Crippen LogP contribution in [-0.4, -0.2) is 32.3 Å². The van der Waals surface area contributed by atoms with Crippen LogP contribution in [0.2, 0.25) is 0 Å². The Bertz CT molecular complexity index is 915. The molecule has 27 heavy (non-hydrogen) atoms. The van der Waals surface area contributed by atoms with Gasteiger partial charge in [-0.3, -0.25) is 4.79 Å². The Labute approximate surface area is 161 Å². The van der Waals surface area contributed by atoms with Crippen LogP contribution in [0.3, 0.4) is 0 Å². The molecule has 5 nitrogen and oxygen atoms in total. The SMILES string of the molecule is Cc1ccc(CNS(=O)(=O)c2ccc(C)c(C(=O)N3CCCCC3)c2)cc1. The van der Waals surface area contributed by atoms with E-state index in [0.29, 0.717) is 5.56 Å². The highest BCUT2D eigenvalue weighted by Gasteiger charge is 2.22. The van der Waals surface area contributed by atoms with Crippen LogP contribution >= 0.6 is 0 Å². The van der Waals surface area contributed by atoms with Gasteiger partial charge in [-0.15, -0.1) is 0 Å². The molecule has 1 amide bonds. The van der Waals surface area contributed by atoms with Gasteiger partial charge < -0.3 is 4.90 Å². The summed E-state index contributed by atoms with van der Waals surface area (Å²) in [5, 5.41) is 0. The summed E-state index contributed by atoms with van der Waals surface area (Å²) in [7, 11) is -3.69. The molecule has 1 aliphatic heterocycles. The summed E-state index contributed by atoms with van der Waals surface area (Å²) in [6.45, 7) is 5.52. The number of nitrogens with one attached hydrogen (secondary N) is 1. The van der Waals surface area contributed by atoms with Crippen LogP contribution in [0.1, 0.15) is 46.3 Å². The topological polar surface area (TPSA) is 66.5 Å². The first-order valence-corrected chi connectivity index (χ1v) is 10.8. The molecule has 0 bridgehead atoms. The zero-order valence-electron chi connectivity index (χ0n) is 15.9. The first-order valence-electron chi connectivity index (χ1n) is 9.32. The summed E-state index contributed by atoms with van der Waals surface area (Å²) >= 11 is 0. The van der Waals surface area contributed by atoms with E-state index in [4.69, 9.17) is 0 Å². The number of sulfonamides is 1. The van der Waals surface area contributed by atoms with Crippen molar-refractivity contribution in [1.29, 1.82) is 0 Å². The number of aryl methyl sites for hydroxylation is 2. The number of benzene rings is 2. The fraction of sp³-hybridized carbons (Fsp3) is 0.381. The van der Waals surface area contributed by atoms with Gasteiger partial charge in [0.05, 0.1) is 4.90 Å². The normalized spacial score (nSPS) is 15.0. The molecule has 1 N–H and O–H groups in total. The molecular weight excluding hydrogens is 360 g/mol. The van der Waals surface area contributed by atoms with Crippen LogP contribution in [0.25, 0.3) is 0 Å². The number of hydrogen-bond donors (Lipinski definition) is 1. The van der Waals surface area contributed by atoms with Crippen LogP contribution < -0.4 is 4.72 Å². The number of likely N-dealkylation sites (tertiary alicyclic amines) is 1. The number of carbonyl (C=O) groups excluding carboxylic acids is 1. The molecule has 0 saturated carbocycles. The van der Waals surface area contributed by atoms with Gasteiger partial charge in [0.15, 0.2) is 0 Å². The van der Waals surface area contributed by atoms with Crippen molar-refractivity contribution < 1.29 is 13.2 Å². The number of nitrogens with zero attached hydrogens (tertiary/aromatic N) is 1. The maximum atomic E-state index is 12.8. The molecule has 0 aliphatic carbocycles. The summed E-state index contributed by atoms with van der Waals surface area (Å²) in [4.78, 5) is 14.8. The highest BCUT2D eigenvalue weighted by atomic mass is 32.2. The van der Waals surface area contributed by atoms with Gasteiger partial charge in [0.2, 0.25) is 10.0 Å². The van der Waals surface area contributed by atoms with Crippen LogP contribution in [0.15, 0.2) is 47.4 Å². The second kappa shape index (κ2) is 8.23. The third-order valence-electron chi connectivity index (χ3n) is 4.98. The third kappa shape index (κ3) is 4.76. The van der Waals surface area contributed by atoms with Crippen molar-refractivity contribution in [3.05, 3.63) is 64.7 Å². The van der Waals surface area contributed by atoms with Crippen molar-refractivity contribution in [3.8, 4) is 0 Å². The lowest BCUT2D eigenvalue weighted by Gasteiger charge is -2.27. The summed E-state index contributed by atoms with van der Waals surface area (Å²) in [6.07, 6.45) is 3.14. The molecule has 1 heterocycles. The van der Waals surface area contributed by atoms with Crippen molar-refractivity contribution in [2.75, 3.05) is 13.1 Å². The smallest absolute Gasteiger partial charge is 0.254 e. The highest BCUT2D eigenvalue weighted by molar-refractivity contribution is 7.89. The first-order chi connectivity index (χ1) is 12.9. The fourth-order valence-corrected chi connectivity index (χ4v) is 4.28. The second-order valence-electron chi connectivity index (χ2n) is 7.14. The van der Waals surface area contributed by atoms with Crippen LogP contribution in [0, 0.1) is 13.8 Å². The Balaban J connectivity index is 1.78. The van der Waals surface area contributed by atoms with E-state index in [-0.39, 0.29) is 17.3 Å². The molecule has 2 aromatic rings. The van der Waals surface area contributed by atoms with E-state index in [2.05, 4.69) is 4.72 Å². The fourth-order valence-electron chi connectivity index (χ4n) is 3.23. The molecular formula is C21H26N2O3S. The monoisotopic (exact) mass is 386 g/mol. The summed E-state index contributed by atoms with van der Waals surface area (Å²) in [5.74, 6) is -0.0808. The van der Waals surface area contributed by atoms with Gasteiger partial charge in [-0.25, -0.2) is 13.1 Å². The molecule has 3 rings (SSSR count). The standard InChI is InChI=1S/C21H26N2O3S/c1-16-6-9-18(10-7-16)15-22-27(25,26)19-11-8-17(2)20(14-19)21(24)23-12-4-3-5-13-23/h6-11,14,22H,3-5,12-13,15H2,1-2H3. The van der Waals surface area contributed by atoms with Gasteiger partial charge in [-0.05, 0) is 56.4 Å². The molecule has 6 heteroatoms. The first kappa shape index (κ1) is 19.6. The van der Waals surface area contributed by atoms with E-state index in [9.17, 15) is 13.2 Å². The lowest BCUT2D eigenvalue weighted by Crippen LogP contribution is -2.36. The molecule has 0 aromatic heterocycles. The van der Waals surface area contributed by atoms with Crippen LogP contribution in [0.5, 0.6) is 0 Å². The molecule has 2 aromatic carbocycles. The second-order valence-corrected chi connectivity index (χ2v) is 8.91. The van der Waals surface area contributed by atoms with Gasteiger partial charge in [0, 0.05) is 25.2 Å². The molecule has 1 fully saturated rings. The van der Waals surface area contributed by atoms with Crippen LogP contribution in [-0.2, 0) is 16.6 Å². The number of piperidine rings is 1. The average molecular weight is 387 g/mol. The van der Waals surface area contributed by atoms with Gasteiger partial charge >= 0.3 is 0 Å². The zero-order valence-corrected chi connectivity index (χ0v) is 16.7. The molecule has 0 spiro atoms. The lowest BCUT2D eigenvalue weighted by atomic mass is 10.1. The van der Waals surface area contributed by atoms with Gasteiger partial charge in [-0.1, -0.05) is 35.9 Å². The van der Waals surface area contributed by atoms with Gasteiger partial charge in [-0.2, -0.15) is 0 Å². The Morgan fingerprint density at radius 1 is 1.00 bits per heavy atom. The van der Waals surface area contributed by atoms with Crippen molar-refractivity contribution in [3.63, 3.8) is 0 Å². The maximum Gasteiger partial charge on any atom is 0.254 e.